The van der Waals surface area contributed by atoms with Crippen molar-refractivity contribution in [2.75, 3.05) is 0 Å². The molecule has 0 aliphatic heterocycles. The van der Waals surface area contributed by atoms with Gasteiger partial charge in [-0.1, -0.05) is 22.0 Å². The molecule has 0 saturated carbocycles. The molecule has 1 aliphatic rings. The summed E-state index contributed by atoms with van der Waals surface area (Å²) in [5, 5.41) is 0. The summed E-state index contributed by atoms with van der Waals surface area (Å²) in [5.74, 6) is 0. The lowest BCUT2D eigenvalue weighted by atomic mass is 10.0. The molecular formula is C8H12BrN. The molecule has 0 radical (unpaired) electrons. The van der Waals surface area contributed by atoms with Crippen molar-refractivity contribution in [3.05, 3.63) is 22.2 Å². The summed E-state index contributed by atoms with van der Waals surface area (Å²) in [6.07, 6.45) is 6.56. The molecular weight excluding hydrogens is 190 g/mol. The van der Waals surface area contributed by atoms with Crippen LogP contribution in [0.25, 0.3) is 0 Å². The maximum Gasteiger partial charge on any atom is 0.0263 e. The number of rotatable bonds is 1. The van der Waals surface area contributed by atoms with Crippen molar-refractivity contribution < 1.29 is 0 Å². The normalized spacial score (nSPS) is 21.5. The van der Waals surface area contributed by atoms with Crippen molar-refractivity contribution in [1.29, 1.82) is 0 Å². The number of hydrogen-bond acceptors (Lipinski definition) is 1. The van der Waals surface area contributed by atoms with E-state index in [1.54, 1.807) is 0 Å². The van der Waals surface area contributed by atoms with Gasteiger partial charge >= 0.3 is 0 Å². The fraction of sp³-hybridized carbons (Fsp3) is 0.500. The number of allylic oxidation sites excluding steroid dienone is 2. The van der Waals surface area contributed by atoms with Gasteiger partial charge in [0.25, 0.3) is 0 Å². The van der Waals surface area contributed by atoms with Gasteiger partial charge in [0, 0.05) is 6.04 Å². The van der Waals surface area contributed by atoms with Crippen molar-refractivity contribution in [3.8, 4) is 0 Å². The molecule has 1 nitrogen and oxygen atoms in total. The second kappa shape index (κ2) is 3.35. The van der Waals surface area contributed by atoms with Crippen LogP contribution in [0.1, 0.15) is 19.8 Å². The standard InChI is InChI=1S/C8H12BrN/c1-6(10)7-3-2-4-8(9)5-7/h3,5-6H,2,4,10H2,1H3. The average Bonchev–Trinajstić information content (AvgIpc) is 1.88. The summed E-state index contributed by atoms with van der Waals surface area (Å²) in [7, 11) is 0. The fourth-order valence-corrected chi connectivity index (χ4v) is 1.50. The van der Waals surface area contributed by atoms with E-state index in [4.69, 9.17) is 5.73 Å². The summed E-state index contributed by atoms with van der Waals surface area (Å²) in [6.45, 7) is 2.01. The summed E-state index contributed by atoms with van der Waals surface area (Å²) in [5.41, 5.74) is 6.94. The highest BCUT2D eigenvalue weighted by molar-refractivity contribution is 9.11. The van der Waals surface area contributed by atoms with Crippen LogP contribution < -0.4 is 5.73 Å². The molecule has 0 bridgehead atoms. The first-order chi connectivity index (χ1) is 4.70. The van der Waals surface area contributed by atoms with Gasteiger partial charge in [-0.15, -0.1) is 0 Å². The van der Waals surface area contributed by atoms with E-state index in [-0.39, 0.29) is 6.04 Å². The van der Waals surface area contributed by atoms with Crippen LogP contribution in [-0.4, -0.2) is 6.04 Å². The number of hydrogen-bond donors (Lipinski definition) is 1. The Morgan fingerprint density at radius 1 is 1.70 bits per heavy atom. The summed E-state index contributed by atoms with van der Waals surface area (Å²) in [4.78, 5) is 0. The Labute approximate surface area is 70.1 Å². The lowest BCUT2D eigenvalue weighted by Crippen LogP contribution is -2.17. The highest BCUT2D eigenvalue weighted by atomic mass is 79.9. The zero-order valence-electron chi connectivity index (χ0n) is 6.10. The average molecular weight is 202 g/mol. The van der Waals surface area contributed by atoms with Gasteiger partial charge in [0.2, 0.25) is 0 Å². The molecule has 1 atom stereocenters. The van der Waals surface area contributed by atoms with E-state index in [0.29, 0.717) is 0 Å². The van der Waals surface area contributed by atoms with E-state index < -0.39 is 0 Å². The van der Waals surface area contributed by atoms with Crippen molar-refractivity contribution in [3.63, 3.8) is 0 Å². The molecule has 0 heterocycles. The molecule has 1 rings (SSSR count). The minimum absolute atomic E-state index is 0.174. The van der Waals surface area contributed by atoms with Crippen LogP contribution in [0.4, 0.5) is 0 Å². The van der Waals surface area contributed by atoms with Crippen LogP contribution in [0.5, 0.6) is 0 Å². The predicted molar refractivity (Wildman–Crippen MR) is 48.0 cm³/mol. The maximum atomic E-state index is 5.70. The van der Waals surface area contributed by atoms with Crippen LogP contribution in [0.3, 0.4) is 0 Å². The van der Waals surface area contributed by atoms with Gasteiger partial charge in [0.15, 0.2) is 0 Å². The highest BCUT2D eigenvalue weighted by Crippen LogP contribution is 2.22. The van der Waals surface area contributed by atoms with E-state index in [1.807, 2.05) is 6.92 Å². The van der Waals surface area contributed by atoms with Crippen molar-refractivity contribution in [2.45, 2.75) is 25.8 Å². The van der Waals surface area contributed by atoms with Crippen LogP contribution in [0.2, 0.25) is 0 Å². The molecule has 0 aromatic rings. The third-order valence-corrected chi connectivity index (χ3v) is 2.24. The molecule has 0 fully saturated rings. The van der Waals surface area contributed by atoms with Gasteiger partial charge in [-0.05, 0) is 35.9 Å². The van der Waals surface area contributed by atoms with Gasteiger partial charge < -0.3 is 5.73 Å². The van der Waals surface area contributed by atoms with Crippen molar-refractivity contribution >= 4 is 15.9 Å². The zero-order valence-corrected chi connectivity index (χ0v) is 7.69. The van der Waals surface area contributed by atoms with Crippen LogP contribution in [-0.2, 0) is 0 Å². The van der Waals surface area contributed by atoms with Crippen LogP contribution >= 0.6 is 15.9 Å². The van der Waals surface area contributed by atoms with E-state index in [9.17, 15) is 0 Å². The Hall–Kier alpha value is -0.0800. The monoisotopic (exact) mass is 201 g/mol. The third kappa shape index (κ3) is 1.96. The molecule has 10 heavy (non-hydrogen) atoms. The van der Waals surface area contributed by atoms with Crippen molar-refractivity contribution in [2.24, 2.45) is 5.73 Å². The second-order valence-electron chi connectivity index (χ2n) is 2.62. The molecule has 0 amide bonds. The van der Waals surface area contributed by atoms with Crippen LogP contribution in [0.15, 0.2) is 22.2 Å². The molecule has 2 N–H and O–H groups in total. The lowest BCUT2D eigenvalue weighted by Gasteiger charge is -2.12. The first-order valence-electron chi connectivity index (χ1n) is 3.52. The van der Waals surface area contributed by atoms with E-state index in [2.05, 4.69) is 28.1 Å². The SMILES string of the molecule is CC(N)C1=CCCC(Br)=C1. The fourth-order valence-electron chi connectivity index (χ4n) is 1.01. The lowest BCUT2D eigenvalue weighted by molar-refractivity contribution is 0.854. The Morgan fingerprint density at radius 3 is 2.80 bits per heavy atom. The molecule has 2 heteroatoms. The largest absolute Gasteiger partial charge is 0.324 e. The Bertz CT molecular complexity index is 180. The first-order valence-corrected chi connectivity index (χ1v) is 4.31. The topological polar surface area (TPSA) is 26.0 Å². The summed E-state index contributed by atoms with van der Waals surface area (Å²) >= 11 is 3.46. The Morgan fingerprint density at radius 2 is 2.40 bits per heavy atom. The minimum atomic E-state index is 0.174. The minimum Gasteiger partial charge on any atom is -0.324 e. The molecule has 0 spiro atoms. The van der Waals surface area contributed by atoms with Gasteiger partial charge in [-0.2, -0.15) is 0 Å². The van der Waals surface area contributed by atoms with E-state index in [1.165, 1.54) is 10.1 Å². The molecule has 1 unspecified atom stereocenters. The highest BCUT2D eigenvalue weighted by Gasteiger charge is 2.05. The van der Waals surface area contributed by atoms with Crippen molar-refractivity contribution in [1.82, 2.24) is 0 Å². The van der Waals surface area contributed by atoms with Gasteiger partial charge in [-0.3, -0.25) is 0 Å². The Kier molecular flexibility index (Phi) is 2.69. The zero-order chi connectivity index (χ0) is 7.56. The maximum absolute atomic E-state index is 5.70. The Balaban J connectivity index is 2.69. The smallest absolute Gasteiger partial charge is 0.0263 e. The van der Waals surface area contributed by atoms with Gasteiger partial charge in [0.1, 0.15) is 0 Å². The summed E-state index contributed by atoms with van der Waals surface area (Å²) < 4.78 is 1.27. The van der Waals surface area contributed by atoms with E-state index in [0.717, 1.165) is 12.8 Å². The molecule has 0 saturated heterocycles. The third-order valence-electron chi connectivity index (χ3n) is 1.61. The molecule has 0 aromatic carbocycles. The quantitative estimate of drug-likeness (QED) is 0.693. The molecule has 0 aromatic heterocycles. The number of nitrogens with two attached hydrogens (primary N) is 1. The molecule has 1 aliphatic carbocycles. The van der Waals surface area contributed by atoms with Crippen LogP contribution in [0, 0.1) is 0 Å². The van der Waals surface area contributed by atoms with Gasteiger partial charge in [0.05, 0.1) is 0 Å². The van der Waals surface area contributed by atoms with Gasteiger partial charge in [-0.25, -0.2) is 0 Å². The second-order valence-corrected chi connectivity index (χ2v) is 3.64. The van der Waals surface area contributed by atoms with E-state index >= 15 is 0 Å². The predicted octanol–water partition coefficient (Wildman–Crippen LogP) is 2.33. The molecule has 56 valence electrons. The first kappa shape index (κ1) is 8.02. The summed E-state index contributed by atoms with van der Waals surface area (Å²) in [6, 6.07) is 0.174. The number of halogens is 1.